The zero-order chi connectivity index (χ0) is 25.7. The minimum atomic E-state index is -0.540. The van der Waals surface area contributed by atoms with Gasteiger partial charge >= 0.3 is 0 Å². The summed E-state index contributed by atoms with van der Waals surface area (Å²) in [4.78, 5) is 17.6. The largest absolute Gasteiger partial charge is 0.392 e. The third-order valence-electron chi connectivity index (χ3n) is 7.00. The molecule has 1 N–H and O–H groups in total. The SMILES string of the molecule is CCCn1c(-c2ccccc2)cc(C(=O)CCC(O)CN2CCN(c3cccc(Cl)c3Cl)CC2)c1C. The number of aromatic nitrogens is 1. The predicted molar refractivity (Wildman–Crippen MR) is 150 cm³/mol. The number of carbonyl (C=O) groups is 1. The number of carbonyl (C=O) groups excluding carboxylic acids is 1. The third kappa shape index (κ3) is 6.15. The number of aliphatic hydroxyl groups is 1. The Morgan fingerprint density at radius 1 is 1.03 bits per heavy atom. The first-order valence-corrected chi connectivity index (χ1v) is 13.5. The molecular weight excluding hydrogens is 493 g/mol. The molecule has 2 aromatic carbocycles. The van der Waals surface area contributed by atoms with E-state index in [0.29, 0.717) is 29.4 Å². The van der Waals surface area contributed by atoms with Gasteiger partial charge in [-0.3, -0.25) is 9.69 Å². The molecule has 0 amide bonds. The van der Waals surface area contributed by atoms with Crippen molar-refractivity contribution in [3.63, 3.8) is 0 Å². The van der Waals surface area contributed by atoms with Crippen LogP contribution in [0.25, 0.3) is 11.3 Å². The Hall–Kier alpha value is -2.31. The number of aliphatic hydroxyl groups excluding tert-OH is 1. The van der Waals surface area contributed by atoms with Crippen LogP contribution in [0.5, 0.6) is 0 Å². The van der Waals surface area contributed by atoms with Crippen molar-refractivity contribution in [1.82, 2.24) is 9.47 Å². The molecule has 2 heterocycles. The number of hydrogen-bond acceptors (Lipinski definition) is 4. The van der Waals surface area contributed by atoms with Gasteiger partial charge in [-0.2, -0.15) is 0 Å². The first-order chi connectivity index (χ1) is 17.4. The maximum absolute atomic E-state index is 13.2. The molecule has 1 aromatic heterocycles. The number of anilines is 1. The fraction of sp³-hybridized carbons (Fsp3) is 0.414. The Kier molecular flexibility index (Phi) is 9.13. The van der Waals surface area contributed by atoms with E-state index < -0.39 is 6.10 Å². The molecule has 36 heavy (non-hydrogen) atoms. The van der Waals surface area contributed by atoms with Crippen LogP contribution >= 0.6 is 23.2 Å². The fourth-order valence-electron chi connectivity index (χ4n) is 5.02. The number of nitrogens with zero attached hydrogens (tertiary/aromatic N) is 3. The minimum Gasteiger partial charge on any atom is -0.392 e. The maximum Gasteiger partial charge on any atom is 0.164 e. The summed E-state index contributed by atoms with van der Waals surface area (Å²) in [6, 6.07) is 17.9. The second-order valence-electron chi connectivity index (χ2n) is 9.52. The average molecular weight is 529 g/mol. The highest BCUT2D eigenvalue weighted by molar-refractivity contribution is 6.43. The van der Waals surface area contributed by atoms with Crippen LogP contribution in [0.3, 0.4) is 0 Å². The van der Waals surface area contributed by atoms with Gasteiger partial charge in [-0.1, -0.05) is 66.5 Å². The Morgan fingerprint density at radius 3 is 2.44 bits per heavy atom. The van der Waals surface area contributed by atoms with E-state index in [1.165, 1.54) is 0 Å². The molecule has 3 aromatic rings. The molecule has 4 rings (SSSR count). The Bertz CT molecular complexity index is 1170. The molecule has 1 unspecified atom stereocenters. The second-order valence-corrected chi connectivity index (χ2v) is 10.3. The van der Waals surface area contributed by atoms with E-state index in [1.54, 1.807) is 6.07 Å². The topological polar surface area (TPSA) is 48.7 Å². The van der Waals surface area contributed by atoms with Crippen molar-refractivity contribution in [2.24, 2.45) is 0 Å². The van der Waals surface area contributed by atoms with Crippen LogP contribution in [0.4, 0.5) is 5.69 Å². The average Bonchev–Trinajstić information content (AvgIpc) is 3.21. The number of β-amino-alcohol motifs (C(OH)–C–C–N with tert-alkyl or cyclic N) is 1. The number of rotatable bonds is 10. The summed E-state index contributed by atoms with van der Waals surface area (Å²) < 4.78 is 2.24. The maximum atomic E-state index is 13.2. The molecule has 1 fully saturated rings. The normalized spacial score (nSPS) is 15.3. The first kappa shape index (κ1) is 26.7. The standard InChI is InChI=1S/C29H35Cl2N3O2/c1-3-14-34-21(2)24(19-27(34)22-8-5-4-6-9-22)28(36)13-12-23(35)20-32-15-17-33(18-16-32)26-11-7-10-25(30)29(26)31/h4-11,19,23,35H,3,12-18,20H2,1-2H3. The van der Waals surface area contributed by atoms with Crippen molar-refractivity contribution in [3.05, 3.63) is 75.9 Å². The van der Waals surface area contributed by atoms with Crippen molar-refractivity contribution < 1.29 is 9.90 Å². The quantitative estimate of drug-likeness (QED) is 0.313. The summed E-state index contributed by atoms with van der Waals surface area (Å²) in [6.07, 6.45) is 1.25. The summed E-state index contributed by atoms with van der Waals surface area (Å²) in [5.74, 6) is 0.0963. The molecule has 192 valence electrons. The lowest BCUT2D eigenvalue weighted by molar-refractivity contribution is 0.0850. The fourth-order valence-corrected chi connectivity index (χ4v) is 5.43. The van der Waals surface area contributed by atoms with Crippen molar-refractivity contribution >= 4 is 34.7 Å². The highest BCUT2D eigenvalue weighted by Gasteiger charge is 2.23. The monoisotopic (exact) mass is 527 g/mol. The highest BCUT2D eigenvalue weighted by atomic mass is 35.5. The molecule has 0 spiro atoms. The van der Waals surface area contributed by atoms with Gasteiger partial charge in [0.15, 0.2) is 5.78 Å². The molecule has 7 heteroatoms. The summed E-state index contributed by atoms with van der Waals surface area (Å²) in [6.45, 7) is 8.90. The van der Waals surface area contributed by atoms with E-state index in [1.807, 2.05) is 43.3 Å². The molecule has 0 radical (unpaired) electrons. The Balaban J connectivity index is 1.31. The van der Waals surface area contributed by atoms with Crippen LogP contribution < -0.4 is 4.90 Å². The van der Waals surface area contributed by atoms with Crippen molar-refractivity contribution in [2.75, 3.05) is 37.6 Å². The molecular formula is C29H35Cl2N3O2. The second kappa shape index (κ2) is 12.3. The minimum absolute atomic E-state index is 0.0963. The number of piperazine rings is 1. The van der Waals surface area contributed by atoms with Gasteiger partial charge in [-0.25, -0.2) is 0 Å². The van der Waals surface area contributed by atoms with Gasteiger partial charge in [-0.05, 0) is 43.5 Å². The molecule has 0 aliphatic carbocycles. The van der Waals surface area contributed by atoms with Crippen LogP contribution in [0, 0.1) is 6.92 Å². The van der Waals surface area contributed by atoms with Gasteiger partial charge in [0.05, 0.1) is 21.8 Å². The van der Waals surface area contributed by atoms with E-state index in [-0.39, 0.29) is 5.78 Å². The summed E-state index contributed by atoms with van der Waals surface area (Å²) in [7, 11) is 0. The third-order valence-corrected chi connectivity index (χ3v) is 7.81. The lowest BCUT2D eigenvalue weighted by Crippen LogP contribution is -2.48. The molecule has 1 saturated heterocycles. The molecule has 0 saturated carbocycles. The number of Topliss-reactive ketones (excluding diaryl/α,β-unsaturated/α-hetero) is 1. The number of hydrogen-bond donors (Lipinski definition) is 1. The zero-order valence-electron chi connectivity index (χ0n) is 21.1. The van der Waals surface area contributed by atoms with Crippen molar-refractivity contribution in [1.29, 1.82) is 0 Å². The van der Waals surface area contributed by atoms with Crippen LogP contribution in [0.2, 0.25) is 10.0 Å². The van der Waals surface area contributed by atoms with E-state index in [4.69, 9.17) is 23.2 Å². The van der Waals surface area contributed by atoms with Gasteiger partial charge in [0.2, 0.25) is 0 Å². The van der Waals surface area contributed by atoms with E-state index in [0.717, 1.165) is 67.3 Å². The van der Waals surface area contributed by atoms with Crippen LogP contribution in [-0.2, 0) is 6.54 Å². The smallest absolute Gasteiger partial charge is 0.164 e. The molecule has 1 atom stereocenters. The van der Waals surface area contributed by atoms with Gasteiger partial charge < -0.3 is 14.6 Å². The lowest BCUT2D eigenvalue weighted by Gasteiger charge is -2.37. The summed E-state index contributed by atoms with van der Waals surface area (Å²) in [5.41, 5.74) is 4.92. The van der Waals surface area contributed by atoms with Crippen molar-refractivity contribution in [3.8, 4) is 11.3 Å². The predicted octanol–water partition coefficient (Wildman–Crippen LogP) is 6.33. The first-order valence-electron chi connectivity index (χ1n) is 12.8. The van der Waals surface area contributed by atoms with E-state index in [9.17, 15) is 9.90 Å². The van der Waals surface area contributed by atoms with Gasteiger partial charge in [0, 0.05) is 62.6 Å². The van der Waals surface area contributed by atoms with E-state index >= 15 is 0 Å². The lowest BCUT2D eigenvalue weighted by atomic mass is 10.0. The zero-order valence-corrected chi connectivity index (χ0v) is 22.6. The van der Waals surface area contributed by atoms with Gasteiger partial charge in [-0.15, -0.1) is 0 Å². The molecule has 5 nitrogen and oxygen atoms in total. The molecule has 0 bridgehead atoms. The van der Waals surface area contributed by atoms with Crippen LogP contribution in [0.1, 0.15) is 42.2 Å². The Morgan fingerprint density at radius 2 is 1.75 bits per heavy atom. The summed E-state index contributed by atoms with van der Waals surface area (Å²) >= 11 is 12.6. The molecule has 1 aliphatic heterocycles. The number of halogens is 2. The molecule has 1 aliphatic rings. The van der Waals surface area contributed by atoms with Gasteiger partial charge in [0.1, 0.15) is 0 Å². The summed E-state index contributed by atoms with van der Waals surface area (Å²) in [5, 5.41) is 11.9. The highest BCUT2D eigenvalue weighted by Crippen LogP contribution is 2.33. The van der Waals surface area contributed by atoms with Crippen molar-refractivity contribution in [2.45, 2.75) is 45.8 Å². The van der Waals surface area contributed by atoms with Gasteiger partial charge in [0.25, 0.3) is 0 Å². The van der Waals surface area contributed by atoms with E-state index in [2.05, 4.69) is 33.4 Å². The van der Waals surface area contributed by atoms with Crippen LogP contribution in [-0.4, -0.2) is 59.2 Å². The number of ketones is 1. The number of benzene rings is 2. The Labute approximate surface area is 224 Å². The van der Waals surface area contributed by atoms with Crippen LogP contribution in [0.15, 0.2) is 54.6 Å².